The van der Waals surface area contributed by atoms with E-state index in [2.05, 4.69) is 0 Å². The number of rotatable bonds is 1. The first kappa shape index (κ1) is 12.0. The van der Waals surface area contributed by atoms with Crippen LogP contribution in [0.15, 0.2) is 12.1 Å². The van der Waals surface area contributed by atoms with E-state index in [1.165, 1.54) is 6.07 Å². The lowest BCUT2D eigenvalue weighted by Gasteiger charge is -2.29. The van der Waals surface area contributed by atoms with Crippen LogP contribution in [0, 0.1) is 0 Å². The normalized spacial score (nSPS) is 20.4. The van der Waals surface area contributed by atoms with E-state index in [1.807, 2.05) is 0 Å². The van der Waals surface area contributed by atoms with Gasteiger partial charge in [0.1, 0.15) is 5.75 Å². The van der Waals surface area contributed by atoms with Crippen LogP contribution >= 0.6 is 23.2 Å². The highest BCUT2D eigenvalue weighted by atomic mass is 35.5. The Morgan fingerprint density at radius 2 is 1.94 bits per heavy atom. The number of hydrogen-bond donors (Lipinski definition) is 2. The molecule has 0 radical (unpaired) electrons. The fourth-order valence-electron chi connectivity index (χ4n) is 1.78. The number of fused-ring (bicyclic) bond motifs is 1. The predicted octanol–water partition coefficient (Wildman–Crippen LogP) is 2.39. The zero-order chi connectivity index (χ0) is 12.1. The van der Waals surface area contributed by atoms with E-state index in [0.29, 0.717) is 16.3 Å². The highest BCUT2D eigenvalue weighted by Crippen LogP contribution is 2.48. The van der Waals surface area contributed by atoms with Crippen LogP contribution in [0.1, 0.15) is 25.0 Å². The summed E-state index contributed by atoms with van der Waals surface area (Å²) in [5.74, 6) is -1.45. The third-order valence-corrected chi connectivity index (χ3v) is 3.35. The number of ether oxygens (including phenoxy) is 1. The van der Waals surface area contributed by atoms with Gasteiger partial charge in [-0.1, -0.05) is 11.6 Å². The summed E-state index contributed by atoms with van der Waals surface area (Å²) < 4.78 is 5.54. The van der Waals surface area contributed by atoms with Crippen LogP contribution in [-0.4, -0.2) is 15.8 Å². The molecule has 0 amide bonds. The Labute approximate surface area is 104 Å². The first-order valence-corrected chi connectivity index (χ1v) is 5.73. The number of halogens is 2. The van der Waals surface area contributed by atoms with Crippen molar-refractivity contribution in [2.24, 2.45) is 0 Å². The van der Waals surface area contributed by atoms with E-state index < -0.39 is 11.4 Å². The van der Waals surface area contributed by atoms with Gasteiger partial charge in [0, 0.05) is 10.6 Å². The zero-order valence-electron chi connectivity index (χ0n) is 8.92. The van der Waals surface area contributed by atoms with Crippen LogP contribution in [0.3, 0.4) is 0 Å². The Hall–Kier alpha value is -0.480. The van der Waals surface area contributed by atoms with Gasteiger partial charge in [0.15, 0.2) is 5.60 Å². The fourth-order valence-corrected chi connectivity index (χ4v) is 2.22. The molecule has 0 atom stereocenters. The molecule has 1 aliphatic heterocycles. The minimum atomic E-state index is -2.06. The first-order chi connectivity index (χ1) is 7.29. The molecule has 0 fully saturated rings. The van der Waals surface area contributed by atoms with Gasteiger partial charge in [-0.15, -0.1) is 11.6 Å². The van der Waals surface area contributed by atoms with Gasteiger partial charge < -0.3 is 14.9 Å². The van der Waals surface area contributed by atoms with E-state index in [9.17, 15) is 10.2 Å². The average molecular weight is 263 g/mol. The molecule has 0 aliphatic carbocycles. The van der Waals surface area contributed by atoms with Crippen molar-refractivity contribution < 1.29 is 14.9 Å². The van der Waals surface area contributed by atoms with Crippen LogP contribution < -0.4 is 4.74 Å². The van der Waals surface area contributed by atoms with E-state index in [-0.39, 0.29) is 11.4 Å². The molecule has 1 aromatic carbocycles. The molecule has 88 valence electrons. The quantitative estimate of drug-likeness (QED) is 0.604. The number of aliphatic hydroxyl groups is 2. The van der Waals surface area contributed by atoms with Crippen LogP contribution in [0.4, 0.5) is 0 Å². The molecule has 1 aromatic rings. The molecule has 0 aromatic heterocycles. The third kappa shape index (κ3) is 1.51. The highest BCUT2D eigenvalue weighted by molar-refractivity contribution is 6.31. The van der Waals surface area contributed by atoms with Crippen LogP contribution in [0.5, 0.6) is 5.75 Å². The number of alkyl halides is 1. The topological polar surface area (TPSA) is 49.7 Å². The Morgan fingerprint density at radius 1 is 1.31 bits per heavy atom. The molecule has 1 aliphatic rings. The summed E-state index contributed by atoms with van der Waals surface area (Å²) >= 11 is 11.7. The summed E-state index contributed by atoms with van der Waals surface area (Å²) in [6.07, 6.45) is 0. The van der Waals surface area contributed by atoms with Crippen molar-refractivity contribution in [3.05, 3.63) is 28.3 Å². The molecule has 0 spiro atoms. The van der Waals surface area contributed by atoms with Crippen LogP contribution in [-0.2, 0) is 11.7 Å². The largest absolute Gasteiger partial charge is 0.481 e. The summed E-state index contributed by atoms with van der Waals surface area (Å²) in [5, 5.41) is 20.5. The molecule has 0 saturated heterocycles. The highest BCUT2D eigenvalue weighted by Gasteiger charge is 2.53. The molecule has 5 heteroatoms. The second kappa shape index (κ2) is 3.50. The van der Waals surface area contributed by atoms with E-state index >= 15 is 0 Å². The lowest BCUT2D eigenvalue weighted by atomic mass is 9.93. The van der Waals surface area contributed by atoms with Crippen molar-refractivity contribution in [2.75, 3.05) is 0 Å². The van der Waals surface area contributed by atoms with Crippen molar-refractivity contribution in [3.63, 3.8) is 0 Å². The van der Waals surface area contributed by atoms with Crippen LogP contribution in [0.2, 0.25) is 5.02 Å². The maximum atomic E-state index is 10.0. The Bertz CT molecular complexity index is 441. The lowest BCUT2D eigenvalue weighted by Crippen LogP contribution is -2.46. The molecule has 1 heterocycles. The van der Waals surface area contributed by atoms with Gasteiger partial charge in [-0.25, -0.2) is 0 Å². The summed E-state index contributed by atoms with van der Waals surface area (Å²) in [6.45, 7) is 3.19. The van der Waals surface area contributed by atoms with Gasteiger partial charge in [-0.2, -0.15) is 0 Å². The molecular formula is C11H12Cl2O3. The molecule has 0 bridgehead atoms. The van der Waals surface area contributed by atoms with Crippen molar-refractivity contribution in [1.29, 1.82) is 0 Å². The second-order valence-corrected chi connectivity index (χ2v) is 5.06. The summed E-state index contributed by atoms with van der Waals surface area (Å²) in [7, 11) is 0. The molecule has 0 unspecified atom stereocenters. The minimum Gasteiger partial charge on any atom is -0.481 e. The Morgan fingerprint density at radius 3 is 2.50 bits per heavy atom. The zero-order valence-corrected chi connectivity index (χ0v) is 10.4. The molecule has 2 N–H and O–H groups in total. The predicted molar refractivity (Wildman–Crippen MR) is 61.8 cm³/mol. The Balaban J connectivity index is 2.68. The average Bonchev–Trinajstić information content (AvgIpc) is 2.35. The molecule has 0 saturated carbocycles. The standard InChI is InChI=1S/C11H12Cl2O3/c1-10(2)11(14,15)8-4-7(13)3-6(5-12)9(8)16-10/h3-4,14-15H,5H2,1-2H3. The molecule has 2 rings (SSSR count). The second-order valence-electron chi connectivity index (χ2n) is 4.36. The smallest absolute Gasteiger partial charge is 0.234 e. The molecule has 16 heavy (non-hydrogen) atoms. The van der Waals surface area contributed by atoms with Crippen LogP contribution in [0.25, 0.3) is 0 Å². The SMILES string of the molecule is CC1(C)Oc2c(CCl)cc(Cl)cc2C1(O)O. The van der Waals surface area contributed by atoms with Gasteiger partial charge in [0.2, 0.25) is 5.79 Å². The van der Waals surface area contributed by atoms with Gasteiger partial charge >= 0.3 is 0 Å². The maximum absolute atomic E-state index is 10.0. The molecular weight excluding hydrogens is 251 g/mol. The number of hydrogen-bond acceptors (Lipinski definition) is 3. The Kier molecular flexibility index (Phi) is 2.63. The van der Waals surface area contributed by atoms with Crippen molar-refractivity contribution in [2.45, 2.75) is 31.1 Å². The summed E-state index contributed by atoms with van der Waals surface area (Å²) in [6, 6.07) is 3.15. The van der Waals surface area contributed by atoms with Crippen molar-refractivity contribution in [1.82, 2.24) is 0 Å². The summed E-state index contributed by atoms with van der Waals surface area (Å²) in [4.78, 5) is 0. The fraction of sp³-hybridized carbons (Fsp3) is 0.455. The monoisotopic (exact) mass is 262 g/mol. The lowest BCUT2D eigenvalue weighted by molar-refractivity contribution is -0.243. The molecule has 3 nitrogen and oxygen atoms in total. The first-order valence-electron chi connectivity index (χ1n) is 4.82. The van der Waals surface area contributed by atoms with Gasteiger partial charge in [-0.3, -0.25) is 0 Å². The van der Waals surface area contributed by atoms with E-state index in [0.717, 1.165) is 0 Å². The van der Waals surface area contributed by atoms with Crippen molar-refractivity contribution >= 4 is 23.2 Å². The summed E-state index contributed by atoms with van der Waals surface area (Å²) in [5.41, 5.74) is -0.205. The van der Waals surface area contributed by atoms with Gasteiger partial charge in [0.25, 0.3) is 0 Å². The third-order valence-electron chi connectivity index (χ3n) is 2.85. The maximum Gasteiger partial charge on any atom is 0.234 e. The minimum absolute atomic E-state index is 0.203. The van der Waals surface area contributed by atoms with E-state index in [4.69, 9.17) is 27.9 Å². The van der Waals surface area contributed by atoms with Gasteiger partial charge in [0.05, 0.1) is 11.4 Å². The van der Waals surface area contributed by atoms with E-state index in [1.54, 1.807) is 19.9 Å². The van der Waals surface area contributed by atoms with Crippen molar-refractivity contribution in [3.8, 4) is 5.75 Å². The number of benzene rings is 1. The van der Waals surface area contributed by atoms with Gasteiger partial charge in [-0.05, 0) is 26.0 Å².